The number of rotatable bonds is 7. The van der Waals surface area contributed by atoms with Crippen LogP contribution in [0, 0.1) is 5.92 Å². The fourth-order valence-electron chi connectivity index (χ4n) is 3.35. The standard InChI is InChI=1S/C20H34N4O2/c1-14(2)24-12-15(3)17(13-24)23-20(21-4)22-10-9-16-7-8-18(25-5)19(11-16)26-6/h7-8,11,14-15,17H,9-10,12-13H2,1-6H3,(H2,21,22,23). The molecule has 2 unspecified atom stereocenters. The molecule has 1 heterocycles. The lowest BCUT2D eigenvalue weighted by molar-refractivity contribution is 0.265. The van der Waals surface area contributed by atoms with E-state index in [1.54, 1.807) is 14.2 Å². The summed E-state index contributed by atoms with van der Waals surface area (Å²) in [5, 5.41) is 7.00. The van der Waals surface area contributed by atoms with Crippen molar-refractivity contribution in [3.05, 3.63) is 23.8 Å². The summed E-state index contributed by atoms with van der Waals surface area (Å²) in [4.78, 5) is 6.89. The van der Waals surface area contributed by atoms with Gasteiger partial charge < -0.3 is 20.1 Å². The van der Waals surface area contributed by atoms with Crippen molar-refractivity contribution < 1.29 is 9.47 Å². The number of hydrogen-bond donors (Lipinski definition) is 2. The maximum atomic E-state index is 5.37. The summed E-state index contributed by atoms with van der Waals surface area (Å²) < 4.78 is 10.7. The molecule has 2 rings (SSSR count). The lowest BCUT2D eigenvalue weighted by atomic mass is 10.1. The Hall–Kier alpha value is -1.95. The van der Waals surface area contributed by atoms with Crippen LogP contribution < -0.4 is 20.1 Å². The third-order valence-electron chi connectivity index (χ3n) is 5.07. The number of guanidine groups is 1. The molecule has 0 aromatic heterocycles. The average molecular weight is 363 g/mol. The molecule has 0 spiro atoms. The molecule has 1 saturated heterocycles. The topological polar surface area (TPSA) is 58.1 Å². The Balaban J connectivity index is 1.84. The zero-order valence-corrected chi connectivity index (χ0v) is 17.0. The average Bonchev–Trinajstić information content (AvgIpc) is 3.01. The fourth-order valence-corrected chi connectivity index (χ4v) is 3.35. The Morgan fingerprint density at radius 3 is 2.54 bits per heavy atom. The first-order valence-electron chi connectivity index (χ1n) is 9.40. The first-order valence-corrected chi connectivity index (χ1v) is 9.40. The van der Waals surface area contributed by atoms with Gasteiger partial charge in [-0.3, -0.25) is 9.89 Å². The highest BCUT2D eigenvalue weighted by Gasteiger charge is 2.31. The van der Waals surface area contributed by atoms with Crippen molar-refractivity contribution in [2.24, 2.45) is 10.9 Å². The van der Waals surface area contributed by atoms with Gasteiger partial charge in [-0.25, -0.2) is 0 Å². The minimum absolute atomic E-state index is 0.435. The first-order chi connectivity index (χ1) is 12.5. The van der Waals surface area contributed by atoms with Crippen LogP contribution in [0.1, 0.15) is 26.3 Å². The Kier molecular flexibility index (Phi) is 7.57. The number of nitrogens with one attached hydrogen (secondary N) is 2. The van der Waals surface area contributed by atoms with E-state index in [0.717, 1.165) is 43.5 Å². The van der Waals surface area contributed by atoms with E-state index >= 15 is 0 Å². The number of likely N-dealkylation sites (tertiary alicyclic amines) is 1. The van der Waals surface area contributed by atoms with Gasteiger partial charge in [0.25, 0.3) is 0 Å². The predicted molar refractivity (Wildman–Crippen MR) is 107 cm³/mol. The first kappa shape index (κ1) is 20.4. The molecule has 6 heteroatoms. The summed E-state index contributed by atoms with van der Waals surface area (Å²) >= 11 is 0. The maximum Gasteiger partial charge on any atom is 0.191 e. The molecule has 1 aliphatic rings. The summed E-state index contributed by atoms with van der Waals surface area (Å²) in [7, 11) is 5.14. The Morgan fingerprint density at radius 1 is 1.23 bits per heavy atom. The second kappa shape index (κ2) is 9.67. The summed E-state index contributed by atoms with van der Waals surface area (Å²) in [5.41, 5.74) is 1.20. The van der Waals surface area contributed by atoms with Crippen LogP contribution >= 0.6 is 0 Å². The molecule has 1 fully saturated rings. The minimum atomic E-state index is 0.435. The molecule has 1 aliphatic heterocycles. The van der Waals surface area contributed by atoms with Gasteiger partial charge in [-0.15, -0.1) is 0 Å². The lowest BCUT2D eigenvalue weighted by Gasteiger charge is -2.22. The van der Waals surface area contributed by atoms with Crippen molar-refractivity contribution in [1.29, 1.82) is 0 Å². The van der Waals surface area contributed by atoms with Crippen LogP contribution in [0.5, 0.6) is 11.5 Å². The quantitative estimate of drug-likeness (QED) is 0.575. The number of ether oxygens (including phenoxy) is 2. The van der Waals surface area contributed by atoms with Gasteiger partial charge in [0, 0.05) is 38.8 Å². The van der Waals surface area contributed by atoms with Crippen molar-refractivity contribution in [1.82, 2.24) is 15.5 Å². The van der Waals surface area contributed by atoms with E-state index in [1.165, 1.54) is 5.56 Å². The third-order valence-corrected chi connectivity index (χ3v) is 5.07. The van der Waals surface area contributed by atoms with Gasteiger partial charge in [0.2, 0.25) is 0 Å². The molecular formula is C20H34N4O2. The van der Waals surface area contributed by atoms with Crippen molar-refractivity contribution in [3.8, 4) is 11.5 Å². The molecule has 6 nitrogen and oxygen atoms in total. The van der Waals surface area contributed by atoms with Gasteiger partial charge in [0.05, 0.1) is 14.2 Å². The number of aliphatic imine (C=N–C) groups is 1. The lowest BCUT2D eigenvalue weighted by Crippen LogP contribution is -2.47. The molecule has 26 heavy (non-hydrogen) atoms. The third kappa shape index (κ3) is 5.27. The molecule has 2 atom stereocenters. The smallest absolute Gasteiger partial charge is 0.191 e. The molecule has 0 amide bonds. The zero-order chi connectivity index (χ0) is 19.1. The van der Waals surface area contributed by atoms with Crippen molar-refractivity contribution in [3.63, 3.8) is 0 Å². The number of benzene rings is 1. The summed E-state index contributed by atoms with van der Waals surface area (Å²) in [6, 6.07) is 7.06. The van der Waals surface area contributed by atoms with Crippen LogP contribution in [-0.4, -0.2) is 63.8 Å². The van der Waals surface area contributed by atoms with Gasteiger partial charge in [-0.2, -0.15) is 0 Å². The number of methoxy groups -OCH3 is 2. The SMILES string of the molecule is CN=C(NCCc1ccc(OC)c(OC)c1)NC1CN(C(C)C)CC1C. The second-order valence-electron chi connectivity index (χ2n) is 7.21. The van der Waals surface area contributed by atoms with Gasteiger partial charge in [0.1, 0.15) is 0 Å². The van der Waals surface area contributed by atoms with Gasteiger partial charge in [0.15, 0.2) is 17.5 Å². The van der Waals surface area contributed by atoms with Crippen LogP contribution in [0.2, 0.25) is 0 Å². The zero-order valence-electron chi connectivity index (χ0n) is 17.0. The van der Waals surface area contributed by atoms with E-state index in [4.69, 9.17) is 9.47 Å². The summed E-state index contributed by atoms with van der Waals surface area (Å²) in [6.45, 7) is 9.82. The van der Waals surface area contributed by atoms with Crippen LogP contribution in [0.25, 0.3) is 0 Å². The van der Waals surface area contributed by atoms with Crippen molar-refractivity contribution in [2.45, 2.75) is 39.3 Å². The Bertz CT molecular complexity index is 603. The maximum absolute atomic E-state index is 5.37. The second-order valence-corrected chi connectivity index (χ2v) is 7.21. The van der Waals surface area contributed by atoms with Crippen LogP contribution in [0.4, 0.5) is 0 Å². The predicted octanol–water partition coefficient (Wildman–Crippen LogP) is 2.14. The highest BCUT2D eigenvalue weighted by Crippen LogP contribution is 2.27. The molecule has 1 aromatic carbocycles. The molecule has 146 valence electrons. The van der Waals surface area contributed by atoms with Crippen LogP contribution in [-0.2, 0) is 6.42 Å². The molecule has 1 aromatic rings. The van der Waals surface area contributed by atoms with E-state index in [1.807, 2.05) is 19.2 Å². The van der Waals surface area contributed by atoms with Crippen molar-refractivity contribution >= 4 is 5.96 Å². The van der Waals surface area contributed by atoms with Crippen LogP contribution in [0.15, 0.2) is 23.2 Å². The molecule has 0 bridgehead atoms. The normalized spacial score (nSPS) is 21.1. The number of hydrogen-bond acceptors (Lipinski definition) is 4. The summed E-state index contributed by atoms with van der Waals surface area (Å²) in [6.07, 6.45) is 0.888. The molecule has 0 saturated carbocycles. The van der Waals surface area contributed by atoms with E-state index in [9.17, 15) is 0 Å². The highest BCUT2D eigenvalue weighted by molar-refractivity contribution is 5.80. The monoisotopic (exact) mass is 362 g/mol. The molecule has 2 N–H and O–H groups in total. The van der Waals surface area contributed by atoms with E-state index in [2.05, 4.69) is 47.4 Å². The van der Waals surface area contributed by atoms with Gasteiger partial charge in [-0.1, -0.05) is 13.0 Å². The molecule has 0 radical (unpaired) electrons. The fraction of sp³-hybridized carbons (Fsp3) is 0.650. The van der Waals surface area contributed by atoms with Crippen molar-refractivity contribution in [2.75, 3.05) is 40.9 Å². The molecule has 0 aliphatic carbocycles. The van der Waals surface area contributed by atoms with E-state index in [-0.39, 0.29) is 0 Å². The summed E-state index contributed by atoms with van der Waals surface area (Å²) in [5.74, 6) is 3.00. The van der Waals surface area contributed by atoms with Gasteiger partial charge in [-0.05, 0) is 43.9 Å². The van der Waals surface area contributed by atoms with Gasteiger partial charge >= 0.3 is 0 Å². The van der Waals surface area contributed by atoms with Crippen LogP contribution in [0.3, 0.4) is 0 Å². The molecular weight excluding hydrogens is 328 g/mol. The Morgan fingerprint density at radius 2 is 1.96 bits per heavy atom. The number of nitrogens with zero attached hydrogens (tertiary/aromatic N) is 2. The minimum Gasteiger partial charge on any atom is -0.493 e. The highest BCUT2D eigenvalue weighted by atomic mass is 16.5. The van der Waals surface area contributed by atoms with E-state index < -0.39 is 0 Å². The van der Waals surface area contributed by atoms with E-state index in [0.29, 0.717) is 18.0 Å². The Labute approximate surface area is 158 Å². The largest absolute Gasteiger partial charge is 0.493 e.